The van der Waals surface area contributed by atoms with E-state index in [-0.39, 0.29) is 24.3 Å². The molecule has 0 saturated carbocycles. The minimum Gasteiger partial charge on any atom is -0.508 e. The van der Waals surface area contributed by atoms with E-state index in [4.69, 9.17) is 0 Å². The van der Waals surface area contributed by atoms with E-state index in [2.05, 4.69) is 0 Å². The number of carboxylic acids is 1. The van der Waals surface area contributed by atoms with Crippen molar-refractivity contribution in [3.8, 4) is 11.4 Å². The average molecular weight is 413 g/mol. The van der Waals surface area contributed by atoms with Gasteiger partial charge in [-0.1, -0.05) is 0 Å². The zero-order valence-electron chi connectivity index (χ0n) is 16.8. The molecule has 9 nitrogen and oxygen atoms in total. The Kier molecular flexibility index (Phi) is 5.91. The van der Waals surface area contributed by atoms with Crippen LogP contribution in [0, 0.1) is 6.92 Å². The molecule has 0 aliphatic carbocycles. The molecule has 0 radical (unpaired) electrons. The monoisotopic (exact) mass is 413 g/mol. The molecule has 1 aromatic carbocycles. The molecular formula is C21H23N3O6. The third kappa shape index (κ3) is 4.05. The van der Waals surface area contributed by atoms with Crippen LogP contribution in [-0.2, 0) is 16.0 Å². The number of carbonyl (C=O) groups excluding carboxylic acids is 2. The molecule has 0 bridgehead atoms. The van der Waals surface area contributed by atoms with Crippen LogP contribution >= 0.6 is 0 Å². The summed E-state index contributed by atoms with van der Waals surface area (Å²) >= 11 is 0. The summed E-state index contributed by atoms with van der Waals surface area (Å²) in [6, 6.07) is 5.87. The number of rotatable bonds is 6. The Morgan fingerprint density at radius 1 is 1.07 bits per heavy atom. The minimum absolute atomic E-state index is 0.0650. The SMILES string of the molecule is CCN1CCN(CCc2cc(=O)c(C(=O)O)cn2-c2ccc(O)cc2C)C(=O)C1=O. The normalized spacial score (nSPS) is 14.3. The molecule has 0 unspecified atom stereocenters. The molecule has 0 atom stereocenters. The molecule has 1 fully saturated rings. The van der Waals surface area contributed by atoms with Crippen molar-refractivity contribution in [2.45, 2.75) is 20.3 Å². The van der Waals surface area contributed by atoms with Crippen molar-refractivity contribution in [3.05, 3.63) is 57.5 Å². The van der Waals surface area contributed by atoms with E-state index in [1.165, 1.54) is 34.2 Å². The van der Waals surface area contributed by atoms with E-state index in [1.54, 1.807) is 17.6 Å². The van der Waals surface area contributed by atoms with Gasteiger partial charge < -0.3 is 24.6 Å². The molecule has 1 aliphatic heterocycles. The maximum Gasteiger partial charge on any atom is 0.341 e. The molecule has 2 amide bonds. The lowest BCUT2D eigenvalue weighted by Gasteiger charge is -2.33. The number of aryl methyl sites for hydroxylation is 1. The number of aromatic hydroxyl groups is 1. The van der Waals surface area contributed by atoms with Crippen LogP contribution in [0.4, 0.5) is 0 Å². The van der Waals surface area contributed by atoms with Crippen LogP contribution in [-0.4, -0.2) is 68.5 Å². The number of pyridine rings is 1. The maximum absolute atomic E-state index is 12.3. The first-order chi connectivity index (χ1) is 14.2. The van der Waals surface area contributed by atoms with Crippen molar-refractivity contribution in [3.63, 3.8) is 0 Å². The van der Waals surface area contributed by atoms with Crippen LogP contribution < -0.4 is 5.43 Å². The van der Waals surface area contributed by atoms with Crippen LogP contribution in [0.1, 0.15) is 28.5 Å². The van der Waals surface area contributed by atoms with Crippen molar-refractivity contribution >= 4 is 17.8 Å². The second-order valence-electron chi connectivity index (χ2n) is 7.12. The number of aromatic nitrogens is 1. The van der Waals surface area contributed by atoms with Gasteiger partial charge in [-0.05, 0) is 37.6 Å². The quantitative estimate of drug-likeness (QED) is 0.676. The van der Waals surface area contributed by atoms with Gasteiger partial charge in [0.15, 0.2) is 5.43 Å². The van der Waals surface area contributed by atoms with Crippen LogP contribution in [0.2, 0.25) is 0 Å². The van der Waals surface area contributed by atoms with Crippen molar-refractivity contribution in [1.82, 2.24) is 14.4 Å². The van der Waals surface area contributed by atoms with E-state index < -0.39 is 23.2 Å². The summed E-state index contributed by atoms with van der Waals surface area (Å²) in [5.41, 5.74) is 0.761. The summed E-state index contributed by atoms with van der Waals surface area (Å²) in [4.78, 5) is 51.1. The Morgan fingerprint density at radius 2 is 1.73 bits per heavy atom. The number of aromatic carboxylic acids is 1. The molecule has 30 heavy (non-hydrogen) atoms. The highest BCUT2D eigenvalue weighted by Crippen LogP contribution is 2.21. The molecule has 9 heteroatoms. The standard InChI is InChI=1S/C21H23N3O6/c1-3-22-8-9-23(20(28)19(22)27)7-6-14-11-18(26)16(21(29)30)12-24(14)17-5-4-15(25)10-13(17)2/h4-5,10-12,25H,3,6-9H2,1-2H3,(H,29,30). The topological polar surface area (TPSA) is 120 Å². The van der Waals surface area contributed by atoms with Gasteiger partial charge in [0.25, 0.3) is 0 Å². The van der Waals surface area contributed by atoms with Crippen LogP contribution in [0.3, 0.4) is 0 Å². The number of likely N-dealkylation sites (N-methyl/N-ethyl adjacent to an activating group) is 1. The second kappa shape index (κ2) is 8.40. The molecule has 1 saturated heterocycles. The van der Waals surface area contributed by atoms with Gasteiger partial charge >= 0.3 is 17.8 Å². The summed E-state index contributed by atoms with van der Waals surface area (Å²) in [6.07, 6.45) is 1.50. The molecule has 3 rings (SSSR count). The highest BCUT2D eigenvalue weighted by atomic mass is 16.4. The first-order valence-corrected chi connectivity index (χ1v) is 9.60. The van der Waals surface area contributed by atoms with Gasteiger partial charge in [0.2, 0.25) is 0 Å². The summed E-state index contributed by atoms with van der Waals surface area (Å²) in [7, 11) is 0. The Labute approximate surface area is 172 Å². The molecule has 1 aliphatic rings. The van der Waals surface area contributed by atoms with Crippen molar-refractivity contribution < 1.29 is 24.6 Å². The lowest BCUT2D eigenvalue weighted by atomic mass is 10.1. The van der Waals surface area contributed by atoms with E-state index in [9.17, 15) is 29.4 Å². The first kappa shape index (κ1) is 21.1. The third-order valence-electron chi connectivity index (χ3n) is 5.22. The van der Waals surface area contributed by atoms with Gasteiger partial charge in [0.05, 0.1) is 0 Å². The van der Waals surface area contributed by atoms with Crippen molar-refractivity contribution in [1.29, 1.82) is 0 Å². The number of phenols is 1. The van der Waals surface area contributed by atoms with Gasteiger partial charge in [0, 0.05) is 56.2 Å². The fourth-order valence-corrected chi connectivity index (χ4v) is 3.54. The summed E-state index contributed by atoms with van der Waals surface area (Å²) in [6.45, 7) is 5.09. The Bertz CT molecular complexity index is 1070. The molecule has 2 heterocycles. The largest absolute Gasteiger partial charge is 0.508 e. The highest BCUT2D eigenvalue weighted by molar-refractivity contribution is 6.35. The Morgan fingerprint density at radius 3 is 2.37 bits per heavy atom. The average Bonchev–Trinajstić information content (AvgIpc) is 2.69. The highest BCUT2D eigenvalue weighted by Gasteiger charge is 2.31. The molecule has 0 spiro atoms. The van der Waals surface area contributed by atoms with Gasteiger partial charge in [-0.15, -0.1) is 0 Å². The van der Waals surface area contributed by atoms with Gasteiger partial charge in [-0.2, -0.15) is 0 Å². The zero-order chi connectivity index (χ0) is 22.0. The number of phenolic OH excluding ortho intramolecular Hbond substituents is 1. The van der Waals surface area contributed by atoms with Crippen LogP contribution in [0.15, 0.2) is 35.3 Å². The number of benzene rings is 1. The number of amides is 2. The number of hydrogen-bond acceptors (Lipinski definition) is 5. The number of carboxylic acid groups (broad SMARTS) is 1. The first-order valence-electron chi connectivity index (χ1n) is 9.60. The molecule has 158 valence electrons. The number of hydrogen-bond donors (Lipinski definition) is 2. The number of nitrogens with zero attached hydrogens (tertiary/aromatic N) is 3. The van der Waals surface area contributed by atoms with Crippen LogP contribution in [0.5, 0.6) is 5.75 Å². The fraction of sp³-hybridized carbons (Fsp3) is 0.333. The molecule has 2 N–H and O–H groups in total. The molecule has 1 aromatic heterocycles. The fourth-order valence-electron chi connectivity index (χ4n) is 3.54. The van der Waals surface area contributed by atoms with Gasteiger partial charge in [-0.3, -0.25) is 14.4 Å². The zero-order valence-corrected chi connectivity index (χ0v) is 16.8. The minimum atomic E-state index is -1.34. The summed E-state index contributed by atoms with van der Waals surface area (Å²) in [5, 5.41) is 19.0. The predicted molar refractivity (Wildman–Crippen MR) is 108 cm³/mol. The predicted octanol–water partition coefficient (Wildman–Crippen LogP) is 0.783. The number of carbonyl (C=O) groups is 3. The van der Waals surface area contributed by atoms with E-state index in [0.717, 1.165) is 0 Å². The number of piperazine rings is 1. The maximum atomic E-state index is 12.3. The lowest BCUT2D eigenvalue weighted by molar-refractivity contribution is -0.155. The molecule has 2 aromatic rings. The van der Waals surface area contributed by atoms with Crippen molar-refractivity contribution in [2.24, 2.45) is 0 Å². The molecular weight excluding hydrogens is 390 g/mol. The Hall–Kier alpha value is -3.62. The summed E-state index contributed by atoms with van der Waals surface area (Å²) < 4.78 is 1.58. The lowest BCUT2D eigenvalue weighted by Crippen LogP contribution is -2.54. The third-order valence-corrected chi connectivity index (χ3v) is 5.22. The summed E-state index contributed by atoms with van der Waals surface area (Å²) in [5.74, 6) is -2.40. The smallest absolute Gasteiger partial charge is 0.341 e. The van der Waals surface area contributed by atoms with Gasteiger partial charge in [0.1, 0.15) is 11.3 Å². The van der Waals surface area contributed by atoms with Crippen molar-refractivity contribution in [2.75, 3.05) is 26.2 Å². The van der Waals surface area contributed by atoms with Crippen LogP contribution in [0.25, 0.3) is 5.69 Å². The van der Waals surface area contributed by atoms with Gasteiger partial charge in [-0.25, -0.2) is 4.79 Å². The van der Waals surface area contributed by atoms with E-state index in [1.807, 2.05) is 6.92 Å². The van der Waals surface area contributed by atoms with E-state index in [0.29, 0.717) is 36.6 Å². The Balaban J connectivity index is 1.95. The second-order valence-corrected chi connectivity index (χ2v) is 7.12. The van der Waals surface area contributed by atoms with E-state index >= 15 is 0 Å².